The van der Waals surface area contributed by atoms with Gasteiger partial charge in [0.15, 0.2) is 0 Å². The van der Waals surface area contributed by atoms with Gasteiger partial charge >= 0.3 is 0 Å². The molecule has 0 aromatic rings. The molecule has 0 aliphatic carbocycles. The molecule has 0 saturated carbocycles. The molecule has 0 atom stereocenters. The van der Waals surface area contributed by atoms with E-state index in [1.807, 2.05) is 6.08 Å². The van der Waals surface area contributed by atoms with Crippen LogP contribution in [-0.4, -0.2) is 6.29 Å². The van der Waals surface area contributed by atoms with Crippen molar-refractivity contribution in [1.29, 1.82) is 0 Å². The third kappa shape index (κ3) is 9.41. The van der Waals surface area contributed by atoms with Crippen molar-refractivity contribution < 1.29 is 4.79 Å². The Labute approximate surface area is 75.9 Å². The molecule has 0 amide bonds. The summed E-state index contributed by atoms with van der Waals surface area (Å²) < 4.78 is 0. The fraction of sp³-hybridized carbons (Fsp3) is 0.727. The van der Waals surface area contributed by atoms with Crippen LogP contribution in [0.15, 0.2) is 12.2 Å². The maximum absolute atomic E-state index is 9.90. The number of allylic oxidation sites excluding steroid dienone is 2. The molecule has 0 unspecified atom stereocenters. The molecule has 70 valence electrons. The van der Waals surface area contributed by atoms with Gasteiger partial charge in [0.1, 0.15) is 6.29 Å². The van der Waals surface area contributed by atoms with Crippen LogP contribution in [0.1, 0.15) is 46.0 Å². The Balaban J connectivity index is 3.00. The van der Waals surface area contributed by atoms with Gasteiger partial charge in [-0.2, -0.15) is 0 Å². The first-order chi connectivity index (χ1) is 5.77. The third-order valence-corrected chi connectivity index (χ3v) is 1.87. The minimum atomic E-state index is 0.829. The van der Waals surface area contributed by atoms with E-state index < -0.39 is 0 Å². The molecule has 0 aromatic heterocycles. The van der Waals surface area contributed by atoms with E-state index in [1.165, 1.54) is 25.7 Å². The molecule has 0 spiro atoms. The van der Waals surface area contributed by atoms with Crippen LogP contribution in [0.25, 0.3) is 0 Å². The first-order valence-corrected chi connectivity index (χ1v) is 4.87. The van der Waals surface area contributed by atoms with Crippen molar-refractivity contribution in [2.24, 2.45) is 5.92 Å². The lowest BCUT2D eigenvalue weighted by Crippen LogP contribution is -1.86. The second-order valence-corrected chi connectivity index (χ2v) is 3.60. The van der Waals surface area contributed by atoms with E-state index in [-0.39, 0.29) is 0 Å². The van der Waals surface area contributed by atoms with E-state index in [0.717, 1.165) is 18.6 Å². The van der Waals surface area contributed by atoms with Crippen molar-refractivity contribution in [3.63, 3.8) is 0 Å². The lowest BCUT2D eigenvalue weighted by atomic mass is 10.0. The molecule has 0 fully saturated rings. The first-order valence-electron chi connectivity index (χ1n) is 4.87. The molecule has 1 heteroatoms. The quantitative estimate of drug-likeness (QED) is 0.324. The molecule has 0 aromatic carbocycles. The topological polar surface area (TPSA) is 17.1 Å². The van der Waals surface area contributed by atoms with Crippen molar-refractivity contribution in [2.75, 3.05) is 0 Å². The van der Waals surface area contributed by atoms with Crippen LogP contribution < -0.4 is 0 Å². The maximum Gasteiger partial charge on any atom is 0.142 e. The van der Waals surface area contributed by atoms with Crippen LogP contribution in [0.2, 0.25) is 0 Å². The summed E-state index contributed by atoms with van der Waals surface area (Å²) in [6.45, 7) is 4.51. The van der Waals surface area contributed by atoms with Crippen molar-refractivity contribution in [3.8, 4) is 0 Å². The van der Waals surface area contributed by atoms with Gasteiger partial charge in [0.2, 0.25) is 0 Å². The highest BCUT2D eigenvalue weighted by Gasteiger charge is 1.92. The first kappa shape index (κ1) is 11.4. The minimum absolute atomic E-state index is 0.829. The van der Waals surface area contributed by atoms with E-state index in [0.29, 0.717) is 0 Å². The summed E-state index contributed by atoms with van der Waals surface area (Å²) in [5, 5.41) is 0. The number of unbranched alkanes of at least 4 members (excludes halogenated alkanes) is 3. The molecular weight excluding hydrogens is 148 g/mol. The Hall–Kier alpha value is -0.590. The predicted octanol–water partition coefficient (Wildman–Crippen LogP) is 3.35. The van der Waals surface area contributed by atoms with E-state index in [1.54, 1.807) is 6.08 Å². The molecule has 0 aliphatic rings. The number of aldehydes is 1. The number of rotatable bonds is 7. The molecular formula is C11H20O. The van der Waals surface area contributed by atoms with Gasteiger partial charge < -0.3 is 0 Å². The summed E-state index contributed by atoms with van der Waals surface area (Å²) in [6.07, 6.45) is 10.6. The van der Waals surface area contributed by atoms with Crippen molar-refractivity contribution in [3.05, 3.63) is 12.2 Å². The van der Waals surface area contributed by atoms with Gasteiger partial charge in [-0.05, 0) is 24.8 Å². The normalized spacial score (nSPS) is 11.2. The molecule has 0 saturated heterocycles. The molecule has 0 bridgehead atoms. The van der Waals surface area contributed by atoms with Crippen LogP contribution >= 0.6 is 0 Å². The Morgan fingerprint density at radius 2 is 1.92 bits per heavy atom. The lowest BCUT2D eigenvalue weighted by Gasteiger charge is -2.02. The van der Waals surface area contributed by atoms with Gasteiger partial charge in [-0.25, -0.2) is 0 Å². The fourth-order valence-corrected chi connectivity index (χ4v) is 1.14. The fourth-order valence-electron chi connectivity index (χ4n) is 1.14. The summed E-state index contributed by atoms with van der Waals surface area (Å²) >= 11 is 0. The van der Waals surface area contributed by atoms with E-state index in [4.69, 9.17) is 0 Å². The highest BCUT2D eigenvalue weighted by molar-refractivity contribution is 5.64. The van der Waals surface area contributed by atoms with Crippen LogP contribution in [0.5, 0.6) is 0 Å². The van der Waals surface area contributed by atoms with Crippen LogP contribution in [0, 0.1) is 5.92 Å². The molecule has 12 heavy (non-hydrogen) atoms. The Morgan fingerprint density at radius 1 is 1.17 bits per heavy atom. The summed E-state index contributed by atoms with van der Waals surface area (Å²) in [6, 6.07) is 0. The Kier molecular flexibility index (Phi) is 8.09. The monoisotopic (exact) mass is 168 g/mol. The van der Waals surface area contributed by atoms with E-state index in [9.17, 15) is 4.79 Å². The summed E-state index contributed by atoms with van der Waals surface area (Å²) in [4.78, 5) is 9.90. The van der Waals surface area contributed by atoms with Gasteiger partial charge in [-0.15, -0.1) is 0 Å². The molecule has 0 N–H and O–H groups in total. The van der Waals surface area contributed by atoms with E-state index >= 15 is 0 Å². The smallest absolute Gasteiger partial charge is 0.142 e. The third-order valence-electron chi connectivity index (χ3n) is 1.87. The number of hydrogen-bond acceptors (Lipinski definition) is 1. The Morgan fingerprint density at radius 3 is 2.50 bits per heavy atom. The van der Waals surface area contributed by atoms with Gasteiger partial charge in [0, 0.05) is 0 Å². The number of carbonyl (C=O) groups excluding carboxylic acids is 1. The van der Waals surface area contributed by atoms with Crippen LogP contribution in [0.4, 0.5) is 0 Å². The average molecular weight is 168 g/mol. The zero-order valence-corrected chi connectivity index (χ0v) is 8.25. The average Bonchev–Trinajstić information content (AvgIpc) is 2.02. The summed E-state index contributed by atoms with van der Waals surface area (Å²) in [5.74, 6) is 0.829. The second-order valence-electron chi connectivity index (χ2n) is 3.60. The minimum Gasteiger partial charge on any atom is -0.299 e. The molecule has 0 heterocycles. The van der Waals surface area contributed by atoms with Gasteiger partial charge in [-0.3, -0.25) is 4.79 Å². The summed E-state index contributed by atoms with van der Waals surface area (Å²) in [5.41, 5.74) is 0. The predicted molar refractivity (Wildman–Crippen MR) is 53.1 cm³/mol. The van der Waals surface area contributed by atoms with Crippen LogP contribution in [0.3, 0.4) is 0 Å². The molecule has 0 radical (unpaired) electrons. The van der Waals surface area contributed by atoms with Gasteiger partial charge in [-0.1, -0.05) is 39.2 Å². The van der Waals surface area contributed by atoms with Crippen molar-refractivity contribution >= 4 is 6.29 Å². The highest BCUT2D eigenvalue weighted by atomic mass is 16.1. The zero-order chi connectivity index (χ0) is 9.23. The SMILES string of the molecule is CC(C)CCCCC/C=C/C=O. The highest BCUT2D eigenvalue weighted by Crippen LogP contribution is 2.09. The van der Waals surface area contributed by atoms with Crippen LogP contribution in [-0.2, 0) is 4.79 Å². The van der Waals surface area contributed by atoms with Crippen molar-refractivity contribution in [1.82, 2.24) is 0 Å². The second kappa shape index (κ2) is 8.51. The standard InChI is InChI=1S/C11H20O/c1-11(2)9-7-5-3-4-6-8-10-12/h6,8,10-11H,3-5,7,9H2,1-2H3/b8-6+. The molecule has 0 rings (SSSR count). The van der Waals surface area contributed by atoms with Gasteiger partial charge in [0.25, 0.3) is 0 Å². The number of carbonyl (C=O) groups is 1. The summed E-state index contributed by atoms with van der Waals surface area (Å²) in [7, 11) is 0. The lowest BCUT2D eigenvalue weighted by molar-refractivity contribution is -0.104. The number of hydrogen-bond donors (Lipinski definition) is 0. The maximum atomic E-state index is 9.90. The van der Waals surface area contributed by atoms with E-state index in [2.05, 4.69) is 13.8 Å². The molecule has 1 nitrogen and oxygen atoms in total. The molecule has 0 aliphatic heterocycles. The van der Waals surface area contributed by atoms with Crippen molar-refractivity contribution in [2.45, 2.75) is 46.0 Å². The zero-order valence-electron chi connectivity index (χ0n) is 8.25. The Bertz CT molecular complexity index is 125. The largest absolute Gasteiger partial charge is 0.299 e. The van der Waals surface area contributed by atoms with Gasteiger partial charge in [0.05, 0.1) is 0 Å².